The minimum absolute atomic E-state index is 0.0289. The standard InChI is InChI=1S/C28H28ClF3N2O5S/c1-17(2)11-20-15-34(19-7-5-4-6-8-19)24-14-23(29)21(13-26(24)40(37,38)33(20)3)18-9-10-25(22(12-18)27(35)36)39-16-28(30,31)32/h4-10,12-14,17,20H,11,15-16H2,1-3H3,(H,35,36)/t20-/m1/s1. The zero-order valence-corrected chi connectivity index (χ0v) is 23.5. The SMILES string of the molecule is CC(C)C[C@@H]1CN(c2ccccc2)c2cc(Cl)c(-c3ccc(OCC(F)(F)F)c(C(=O)O)c3)cc2S(=O)(=O)N1C. The first-order valence-corrected chi connectivity index (χ1v) is 14.2. The zero-order valence-electron chi connectivity index (χ0n) is 21.9. The highest BCUT2D eigenvalue weighted by atomic mass is 35.5. The molecule has 0 unspecified atom stereocenters. The number of carboxylic acid groups (broad SMARTS) is 1. The maximum absolute atomic E-state index is 13.9. The van der Waals surface area contributed by atoms with Crippen molar-refractivity contribution in [1.29, 1.82) is 0 Å². The first-order chi connectivity index (χ1) is 18.7. The summed E-state index contributed by atoms with van der Waals surface area (Å²) >= 11 is 6.68. The summed E-state index contributed by atoms with van der Waals surface area (Å²) < 4.78 is 71.9. The summed E-state index contributed by atoms with van der Waals surface area (Å²) in [5.74, 6) is -1.77. The monoisotopic (exact) mass is 596 g/mol. The molecule has 0 aliphatic carbocycles. The number of carbonyl (C=O) groups is 1. The van der Waals surface area contributed by atoms with Crippen molar-refractivity contribution in [3.63, 3.8) is 0 Å². The normalized spacial score (nSPS) is 17.4. The van der Waals surface area contributed by atoms with E-state index in [2.05, 4.69) is 0 Å². The van der Waals surface area contributed by atoms with Crippen LogP contribution in [0.1, 0.15) is 30.6 Å². The molecule has 1 heterocycles. The fourth-order valence-corrected chi connectivity index (χ4v) is 6.55. The van der Waals surface area contributed by atoms with Crippen molar-refractivity contribution >= 4 is 39.0 Å². The summed E-state index contributed by atoms with van der Waals surface area (Å²) in [6.07, 6.45) is -4.05. The fourth-order valence-electron chi connectivity index (χ4n) is 4.73. The van der Waals surface area contributed by atoms with Crippen LogP contribution in [0.25, 0.3) is 11.1 Å². The molecule has 0 amide bonds. The van der Waals surface area contributed by atoms with E-state index in [1.54, 1.807) is 0 Å². The van der Waals surface area contributed by atoms with Crippen LogP contribution < -0.4 is 9.64 Å². The number of benzene rings is 3. The van der Waals surface area contributed by atoms with E-state index < -0.39 is 40.1 Å². The van der Waals surface area contributed by atoms with Gasteiger partial charge in [0.25, 0.3) is 0 Å². The van der Waals surface area contributed by atoms with Gasteiger partial charge in [0.05, 0.1) is 10.7 Å². The number of carboxylic acids is 1. The minimum Gasteiger partial charge on any atom is -0.483 e. The summed E-state index contributed by atoms with van der Waals surface area (Å²) in [7, 11) is -2.50. The van der Waals surface area contributed by atoms with Gasteiger partial charge in [0, 0.05) is 30.9 Å². The number of aromatic carboxylic acids is 1. The Morgan fingerprint density at radius 3 is 2.40 bits per heavy atom. The molecule has 0 spiro atoms. The highest BCUT2D eigenvalue weighted by Crippen LogP contribution is 2.43. The molecule has 1 aliphatic rings. The van der Waals surface area contributed by atoms with E-state index in [1.807, 2.05) is 49.1 Å². The Morgan fingerprint density at radius 1 is 1.12 bits per heavy atom. The van der Waals surface area contributed by atoms with Crippen molar-refractivity contribution in [2.75, 3.05) is 25.1 Å². The van der Waals surface area contributed by atoms with Gasteiger partial charge in [0.2, 0.25) is 10.0 Å². The van der Waals surface area contributed by atoms with E-state index in [0.717, 1.165) is 17.8 Å². The highest BCUT2D eigenvalue weighted by Gasteiger charge is 2.38. The van der Waals surface area contributed by atoms with Crippen LogP contribution in [-0.4, -0.2) is 56.2 Å². The second-order valence-corrected chi connectivity index (χ2v) is 12.3. The third kappa shape index (κ3) is 6.21. The summed E-state index contributed by atoms with van der Waals surface area (Å²) in [5, 5.41) is 9.78. The second kappa shape index (κ2) is 11.3. The summed E-state index contributed by atoms with van der Waals surface area (Å²) in [6.45, 7) is 2.74. The molecule has 40 heavy (non-hydrogen) atoms. The first kappa shape index (κ1) is 29.7. The Bertz CT molecular complexity index is 1510. The zero-order chi connectivity index (χ0) is 29.4. The lowest BCUT2D eigenvalue weighted by Gasteiger charge is -2.30. The Morgan fingerprint density at radius 2 is 1.80 bits per heavy atom. The van der Waals surface area contributed by atoms with Gasteiger partial charge in [0.1, 0.15) is 16.2 Å². The maximum Gasteiger partial charge on any atom is 0.422 e. The van der Waals surface area contributed by atoms with E-state index in [9.17, 15) is 31.5 Å². The molecule has 7 nitrogen and oxygen atoms in total. The number of alkyl halides is 3. The van der Waals surface area contributed by atoms with Gasteiger partial charge in [-0.25, -0.2) is 13.2 Å². The largest absolute Gasteiger partial charge is 0.483 e. The number of sulfonamides is 1. The molecule has 4 rings (SSSR count). The number of hydrogen-bond acceptors (Lipinski definition) is 5. The van der Waals surface area contributed by atoms with Gasteiger partial charge in [-0.1, -0.05) is 49.7 Å². The molecule has 0 saturated carbocycles. The molecule has 214 valence electrons. The predicted molar refractivity (Wildman–Crippen MR) is 147 cm³/mol. The van der Waals surface area contributed by atoms with Crippen molar-refractivity contribution in [3.05, 3.63) is 71.2 Å². The summed E-state index contributed by atoms with van der Waals surface area (Å²) in [6, 6.07) is 15.4. The molecule has 12 heteroatoms. The number of ether oxygens (including phenoxy) is 1. The fraction of sp³-hybridized carbons (Fsp3) is 0.321. The molecule has 3 aromatic carbocycles. The van der Waals surface area contributed by atoms with Gasteiger partial charge < -0.3 is 14.7 Å². The number of fused-ring (bicyclic) bond motifs is 1. The van der Waals surface area contributed by atoms with Crippen LogP contribution in [-0.2, 0) is 10.0 Å². The molecule has 1 N–H and O–H groups in total. The Hall–Kier alpha value is -3.28. The quantitative estimate of drug-likeness (QED) is 0.322. The molecule has 0 aromatic heterocycles. The summed E-state index contributed by atoms with van der Waals surface area (Å²) in [5.41, 5.74) is 1.03. The van der Waals surface area contributed by atoms with Gasteiger partial charge in [-0.3, -0.25) is 0 Å². The van der Waals surface area contributed by atoms with E-state index >= 15 is 0 Å². The van der Waals surface area contributed by atoms with E-state index in [0.29, 0.717) is 18.7 Å². The lowest BCUT2D eigenvalue weighted by molar-refractivity contribution is -0.153. The number of rotatable bonds is 7. The molecule has 1 atom stereocenters. The van der Waals surface area contributed by atoms with Gasteiger partial charge in [0.15, 0.2) is 6.61 Å². The lowest BCUT2D eigenvalue weighted by atomic mass is 10.0. The molecule has 3 aromatic rings. The van der Waals surface area contributed by atoms with Gasteiger partial charge in [-0.15, -0.1) is 0 Å². The third-order valence-corrected chi connectivity index (χ3v) is 8.88. The van der Waals surface area contributed by atoms with E-state index in [4.69, 9.17) is 16.3 Å². The van der Waals surface area contributed by atoms with Crippen LogP contribution in [0.2, 0.25) is 5.02 Å². The van der Waals surface area contributed by atoms with Crippen molar-refractivity contribution in [2.45, 2.75) is 37.4 Å². The van der Waals surface area contributed by atoms with Gasteiger partial charge in [-0.2, -0.15) is 17.5 Å². The van der Waals surface area contributed by atoms with Crippen LogP contribution >= 0.6 is 11.6 Å². The number of halogens is 4. The molecule has 1 aliphatic heterocycles. The number of hydrogen-bond donors (Lipinski definition) is 1. The van der Waals surface area contributed by atoms with Crippen molar-refractivity contribution in [3.8, 4) is 16.9 Å². The topological polar surface area (TPSA) is 87.1 Å². The number of nitrogens with zero attached hydrogens (tertiary/aromatic N) is 2. The van der Waals surface area contributed by atoms with Crippen LogP contribution in [0.5, 0.6) is 5.75 Å². The van der Waals surface area contributed by atoms with Gasteiger partial charge in [-0.05, 0) is 54.3 Å². The smallest absolute Gasteiger partial charge is 0.422 e. The van der Waals surface area contributed by atoms with Crippen molar-refractivity contribution in [2.24, 2.45) is 5.92 Å². The average molecular weight is 597 g/mol. The molecule has 0 fully saturated rings. The molecular weight excluding hydrogens is 569 g/mol. The number of likely N-dealkylation sites (N-methyl/N-ethyl adjacent to an activating group) is 1. The Labute approximate surface area is 235 Å². The van der Waals surface area contributed by atoms with Crippen LogP contribution in [0, 0.1) is 5.92 Å². The van der Waals surface area contributed by atoms with E-state index in [1.165, 1.54) is 29.6 Å². The number of anilines is 2. The lowest BCUT2D eigenvalue weighted by Crippen LogP contribution is -2.41. The Kier molecular flexibility index (Phi) is 8.39. The first-order valence-electron chi connectivity index (χ1n) is 12.4. The van der Waals surface area contributed by atoms with Crippen molar-refractivity contribution in [1.82, 2.24) is 4.31 Å². The summed E-state index contributed by atoms with van der Waals surface area (Å²) in [4.78, 5) is 13.7. The Balaban J connectivity index is 1.89. The van der Waals surface area contributed by atoms with Crippen LogP contribution in [0.3, 0.4) is 0 Å². The molecular formula is C28H28ClF3N2O5S. The van der Waals surface area contributed by atoms with E-state index in [-0.39, 0.29) is 33.0 Å². The number of para-hydroxylation sites is 1. The molecule has 0 saturated heterocycles. The van der Waals surface area contributed by atoms with Crippen LogP contribution in [0.4, 0.5) is 24.5 Å². The van der Waals surface area contributed by atoms with Gasteiger partial charge >= 0.3 is 12.1 Å². The predicted octanol–water partition coefficient (Wildman–Crippen LogP) is 6.83. The minimum atomic E-state index is -4.66. The average Bonchev–Trinajstić information content (AvgIpc) is 2.95. The van der Waals surface area contributed by atoms with Crippen LogP contribution in [0.15, 0.2) is 65.6 Å². The third-order valence-electron chi connectivity index (χ3n) is 6.63. The molecule has 0 radical (unpaired) electrons. The second-order valence-electron chi connectivity index (χ2n) is 9.97. The highest BCUT2D eigenvalue weighted by molar-refractivity contribution is 7.89. The van der Waals surface area contributed by atoms with Crippen molar-refractivity contribution < 1.29 is 36.2 Å². The maximum atomic E-state index is 13.9. The molecule has 0 bridgehead atoms.